The number of nitro benzene ring substituents is 1. The lowest BCUT2D eigenvalue weighted by Gasteiger charge is -2.02. The highest BCUT2D eigenvalue weighted by Gasteiger charge is 2.15. The largest absolute Gasteiger partial charge is 0.510 e. The number of benzene rings is 1. The predicted octanol–water partition coefficient (Wildman–Crippen LogP) is 2.74. The van der Waals surface area contributed by atoms with Gasteiger partial charge in [0.05, 0.1) is 17.6 Å². The number of non-ortho nitro benzene ring substituents is 1. The Kier molecular flexibility index (Phi) is 5.35. The fraction of sp³-hybridized carbons (Fsp3) is 0.250. The Morgan fingerprint density at radius 3 is 2.62 bits per heavy atom. The summed E-state index contributed by atoms with van der Waals surface area (Å²) in [6.45, 7) is 2.90. The lowest BCUT2D eigenvalue weighted by molar-refractivity contribution is -0.384. The average Bonchev–Trinajstić information content (AvgIpc) is 2.40. The minimum Gasteiger partial charge on any atom is -0.510 e. The Hall–Kier alpha value is -2.97. The van der Waals surface area contributed by atoms with Crippen molar-refractivity contribution in [1.82, 2.24) is 0 Å². The lowest BCUT2D eigenvalue weighted by atomic mass is 10.2. The Labute approximate surface area is 119 Å². The summed E-state index contributed by atoms with van der Waals surface area (Å²) in [4.78, 5) is 21.3. The van der Waals surface area contributed by atoms with E-state index in [2.05, 4.69) is 15.0 Å². The number of aromatic hydroxyl groups is 1. The molecule has 0 saturated carbocycles. The normalized spacial score (nSPS) is 12.1. The number of hydrogen-bond acceptors (Lipinski definition) is 8. The standard InChI is InChI=1S/C12H13N3O6/c1-3-21-12(18)11(7(2)16)14-13-9-5-4-8(15(19)20)6-10(9)17/h4-6,16-17H,3H2,1-2H3/b11-7-,14-13?. The summed E-state index contributed by atoms with van der Waals surface area (Å²) in [5.74, 6) is -1.76. The number of rotatable bonds is 5. The topological polar surface area (TPSA) is 135 Å². The van der Waals surface area contributed by atoms with E-state index in [1.165, 1.54) is 6.92 Å². The van der Waals surface area contributed by atoms with Gasteiger partial charge in [0.25, 0.3) is 5.69 Å². The van der Waals surface area contributed by atoms with E-state index < -0.39 is 28.1 Å². The quantitative estimate of drug-likeness (QED) is 0.214. The van der Waals surface area contributed by atoms with Crippen molar-refractivity contribution in [3.8, 4) is 5.75 Å². The predicted molar refractivity (Wildman–Crippen MR) is 71.2 cm³/mol. The van der Waals surface area contributed by atoms with E-state index >= 15 is 0 Å². The summed E-state index contributed by atoms with van der Waals surface area (Å²) in [6.07, 6.45) is 0. The van der Waals surface area contributed by atoms with Gasteiger partial charge in [0, 0.05) is 6.07 Å². The summed E-state index contributed by atoms with van der Waals surface area (Å²) >= 11 is 0. The fourth-order valence-electron chi connectivity index (χ4n) is 1.27. The zero-order chi connectivity index (χ0) is 16.0. The van der Waals surface area contributed by atoms with Crippen LogP contribution in [0.2, 0.25) is 0 Å². The van der Waals surface area contributed by atoms with Crippen molar-refractivity contribution in [3.63, 3.8) is 0 Å². The van der Waals surface area contributed by atoms with Gasteiger partial charge in [0.15, 0.2) is 0 Å². The SMILES string of the molecule is CCOC(=O)/C(N=Nc1ccc([N+](=O)[O-])cc1O)=C(\C)O. The van der Waals surface area contributed by atoms with Gasteiger partial charge in [0.1, 0.15) is 17.2 Å². The van der Waals surface area contributed by atoms with Crippen molar-refractivity contribution in [1.29, 1.82) is 0 Å². The van der Waals surface area contributed by atoms with E-state index in [4.69, 9.17) is 0 Å². The summed E-state index contributed by atoms with van der Waals surface area (Å²) < 4.78 is 4.67. The molecule has 2 N–H and O–H groups in total. The van der Waals surface area contributed by atoms with E-state index in [1.54, 1.807) is 6.92 Å². The zero-order valence-corrected chi connectivity index (χ0v) is 11.3. The minimum absolute atomic E-state index is 0.0912. The van der Waals surface area contributed by atoms with Gasteiger partial charge in [-0.15, -0.1) is 10.2 Å². The number of nitrogens with zero attached hydrogens (tertiary/aromatic N) is 3. The van der Waals surface area contributed by atoms with Crippen LogP contribution in [0.4, 0.5) is 11.4 Å². The van der Waals surface area contributed by atoms with Crippen LogP contribution in [0.15, 0.2) is 39.9 Å². The highest BCUT2D eigenvalue weighted by molar-refractivity contribution is 5.88. The first kappa shape index (κ1) is 16.1. The van der Waals surface area contributed by atoms with Crippen LogP contribution in [0.3, 0.4) is 0 Å². The first-order valence-corrected chi connectivity index (χ1v) is 5.83. The molecule has 1 aromatic carbocycles. The van der Waals surface area contributed by atoms with Gasteiger partial charge >= 0.3 is 5.97 Å². The summed E-state index contributed by atoms with van der Waals surface area (Å²) in [5, 5.41) is 36.5. The molecule has 0 atom stereocenters. The Balaban J connectivity index is 3.06. The molecule has 1 aromatic rings. The molecule has 112 valence electrons. The molecule has 9 nitrogen and oxygen atoms in total. The van der Waals surface area contributed by atoms with Crippen molar-refractivity contribution in [2.75, 3.05) is 6.61 Å². The van der Waals surface area contributed by atoms with Crippen LogP contribution in [0, 0.1) is 10.1 Å². The number of phenolic OH excluding ortho intramolecular Hbond substituents is 1. The van der Waals surface area contributed by atoms with Crippen molar-refractivity contribution < 1.29 is 24.7 Å². The van der Waals surface area contributed by atoms with E-state index in [-0.39, 0.29) is 18.0 Å². The van der Waals surface area contributed by atoms with E-state index in [0.29, 0.717) is 0 Å². The molecule has 0 aliphatic carbocycles. The summed E-state index contributed by atoms with van der Waals surface area (Å²) in [7, 11) is 0. The maximum atomic E-state index is 11.5. The summed E-state index contributed by atoms with van der Waals surface area (Å²) in [6, 6.07) is 3.17. The van der Waals surface area contributed by atoms with E-state index in [0.717, 1.165) is 18.2 Å². The maximum absolute atomic E-state index is 11.5. The second-order valence-electron chi connectivity index (χ2n) is 3.78. The number of phenols is 1. The number of ether oxygens (including phenoxy) is 1. The van der Waals surface area contributed by atoms with Crippen LogP contribution in [-0.2, 0) is 9.53 Å². The number of hydrogen-bond donors (Lipinski definition) is 2. The van der Waals surface area contributed by atoms with Gasteiger partial charge in [-0.25, -0.2) is 4.79 Å². The molecule has 0 aromatic heterocycles. The number of esters is 1. The van der Waals surface area contributed by atoms with E-state index in [1.807, 2.05) is 0 Å². The molecule has 0 spiro atoms. The average molecular weight is 295 g/mol. The number of carbonyl (C=O) groups is 1. The summed E-state index contributed by atoms with van der Waals surface area (Å²) in [5.41, 5.74) is -0.829. The molecule has 0 unspecified atom stereocenters. The number of aliphatic hydroxyl groups excluding tert-OH is 1. The Morgan fingerprint density at radius 1 is 1.48 bits per heavy atom. The van der Waals surface area contributed by atoms with Crippen molar-refractivity contribution in [2.24, 2.45) is 10.2 Å². The highest BCUT2D eigenvalue weighted by Crippen LogP contribution is 2.31. The number of carbonyl (C=O) groups excluding carboxylic acids is 1. The molecule has 1 rings (SSSR count). The van der Waals surface area contributed by atoms with Crippen LogP contribution >= 0.6 is 0 Å². The third kappa shape index (κ3) is 4.27. The van der Waals surface area contributed by atoms with Gasteiger partial charge in [-0.1, -0.05) is 0 Å². The monoisotopic (exact) mass is 295 g/mol. The van der Waals surface area contributed by atoms with Crippen molar-refractivity contribution >= 4 is 17.3 Å². The molecule has 0 fully saturated rings. The number of allylic oxidation sites excluding steroid dienone is 1. The van der Waals surface area contributed by atoms with Crippen LogP contribution in [0.25, 0.3) is 0 Å². The molecular weight excluding hydrogens is 282 g/mol. The number of nitro groups is 1. The zero-order valence-electron chi connectivity index (χ0n) is 11.3. The molecule has 0 heterocycles. The van der Waals surface area contributed by atoms with Gasteiger partial charge in [-0.05, 0) is 19.9 Å². The fourth-order valence-corrected chi connectivity index (χ4v) is 1.27. The molecule has 9 heteroatoms. The first-order valence-electron chi connectivity index (χ1n) is 5.83. The third-order valence-corrected chi connectivity index (χ3v) is 2.24. The highest BCUT2D eigenvalue weighted by atomic mass is 16.6. The van der Waals surface area contributed by atoms with Crippen molar-refractivity contribution in [3.05, 3.63) is 39.8 Å². The molecule has 21 heavy (non-hydrogen) atoms. The second-order valence-corrected chi connectivity index (χ2v) is 3.78. The van der Waals surface area contributed by atoms with Crippen LogP contribution in [0.1, 0.15) is 13.8 Å². The molecule has 0 saturated heterocycles. The molecule has 0 bridgehead atoms. The van der Waals surface area contributed by atoms with Crippen LogP contribution in [-0.4, -0.2) is 27.7 Å². The molecule has 0 amide bonds. The van der Waals surface area contributed by atoms with Gasteiger partial charge in [0.2, 0.25) is 5.70 Å². The second kappa shape index (κ2) is 6.98. The number of aliphatic hydroxyl groups is 1. The van der Waals surface area contributed by atoms with Crippen molar-refractivity contribution in [2.45, 2.75) is 13.8 Å². The smallest absolute Gasteiger partial charge is 0.362 e. The molecule has 0 radical (unpaired) electrons. The Bertz CT molecular complexity index is 619. The van der Waals surface area contributed by atoms with Gasteiger partial charge < -0.3 is 14.9 Å². The third-order valence-electron chi connectivity index (χ3n) is 2.24. The molecular formula is C12H13N3O6. The van der Waals surface area contributed by atoms with Crippen LogP contribution in [0.5, 0.6) is 5.75 Å². The van der Waals surface area contributed by atoms with Crippen LogP contribution < -0.4 is 0 Å². The maximum Gasteiger partial charge on any atom is 0.362 e. The number of azo groups is 1. The minimum atomic E-state index is -0.873. The van der Waals surface area contributed by atoms with Gasteiger partial charge in [-0.2, -0.15) is 0 Å². The van der Waals surface area contributed by atoms with Gasteiger partial charge in [-0.3, -0.25) is 10.1 Å². The molecule has 0 aliphatic rings. The Morgan fingerprint density at radius 2 is 2.14 bits per heavy atom. The van der Waals surface area contributed by atoms with E-state index in [9.17, 15) is 25.1 Å². The molecule has 0 aliphatic heterocycles. The first-order chi connectivity index (χ1) is 9.86. The lowest BCUT2D eigenvalue weighted by Crippen LogP contribution is -2.07.